The number of alkyl halides is 3. The molecule has 0 aliphatic rings. The second-order valence-corrected chi connectivity index (χ2v) is 5.77. The van der Waals surface area contributed by atoms with E-state index in [2.05, 4.69) is 10.3 Å². The molecule has 0 aliphatic carbocycles. The average molecular weight is 297 g/mol. The predicted octanol–water partition coefficient (Wildman–Crippen LogP) is 3.29. The molecule has 0 bridgehead atoms. The summed E-state index contributed by atoms with van der Waals surface area (Å²) in [5, 5.41) is 4.38. The number of hydrogen-bond acceptors (Lipinski definition) is 3. The van der Waals surface area contributed by atoms with Crippen LogP contribution in [0.15, 0.2) is 30.5 Å². The third-order valence-corrected chi connectivity index (χ3v) is 3.25. The van der Waals surface area contributed by atoms with Gasteiger partial charge in [-0.15, -0.1) is 0 Å². The maximum absolute atomic E-state index is 12.3. The Bertz CT molecular complexity index is 636. The van der Waals surface area contributed by atoms with Crippen LogP contribution in [0, 0.1) is 0 Å². The minimum atomic E-state index is -4.22. The molecule has 6 heteroatoms. The number of benzene rings is 1. The summed E-state index contributed by atoms with van der Waals surface area (Å²) in [6.07, 6.45) is -2.18. The van der Waals surface area contributed by atoms with Crippen LogP contribution < -0.4 is 11.1 Å². The SMILES string of the molecule is CC(C)(Cc1nccc2cc(N)ccc12)NCC(F)(F)F. The standard InChI is InChI=1S/C15H18F3N3/c1-14(2,21-9-15(16,17)18)8-13-12-4-3-11(19)7-10(12)5-6-20-13/h3-7,21H,8-9,19H2,1-2H3. The summed E-state index contributed by atoms with van der Waals surface area (Å²) in [5.74, 6) is 0. The molecule has 0 saturated carbocycles. The topological polar surface area (TPSA) is 50.9 Å². The lowest BCUT2D eigenvalue weighted by molar-refractivity contribution is -0.128. The van der Waals surface area contributed by atoms with Gasteiger partial charge in [-0.25, -0.2) is 0 Å². The number of halogens is 3. The van der Waals surface area contributed by atoms with E-state index < -0.39 is 18.3 Å². The van der Waals surface area contributed by atoms with E-state index in [4.69, 9.17) is 5.73 Å². The van der Waals surface area contributed by atoms with Crippen LogP contribution >= 0.6 is 0 Å². The number of nitrogens with one attached hydrogen (secondary N) is 1. The molecule has 2 rings (SSSR count). The number of hydrogen-bond donors (Lipinski definition) is 2. The van der Waals surface area contributed by atoms with Crippen molar-refractivity contribution in [2.45, 2.75) is 32.0 Å². The monoisotopic (exact) mass is 297 g/mol. The van der Waals surface area contributed by atoms with Crippen molar-refractivity contribution >= 4 is 16.5 Å². The van der Waals surface area contributed by atoms with Gasteiger partial charge >= 0.3 is 6.18 Å². The van der Waals surface area contributed by atoms with Gasteiger partial charge in [0.15, 0.2) is 0 Å². The zero-order chi connectivity index (χ0) is 15.7. The summed E-state index contributed by atoms with van der Waals surface area (Å²) in [6, 6.07) is 7.29. The van der Waals surface area contributed by atoms with Crippen molar-refractivity contribution in [3.05, 3.63) is 36.2 Å². The summed E-state index contributed by atoms with van der Waals surface area (Å²) < 4.78 is 37.0. The van der Waals surface area contributed by atoms with E-state index in [-0.39, 0.29) is 0 Å². The second-order valence-electron chi connectivity index (χ2n) is 5.77. The highest BCUT2D eigenvalue weighted by Crippen LogP contribution is 2.23. The zero-order valence-electron chi connectivity index (χ0n) is 12.0. The van der Waals surface area contributed by atoms with E-state index in [1.165, 1.54) is 0 Å². The minimum absolute atomic E-state index is 0.393. The van der Waals surface area contributed by atoms with Crippen molar-refractivity contribution in [3.63, 3.8) is 0 Å². The summed E-state index contributed by atoms with van der Waals surface area (Å²) >= 11 is 0. The fourth-order valence-corrected chi connectivity index (χ4v) is 2.22. The van der Waals surface area contributed by atoms with Gasteiger partial charge in [0.05, 0.1) is 6.54 Å². The molecule has 3 nitrogen and oxygen atoms in total. The van der Waals surface area contributed by atoms with Crippen molar-refractivity contribution in [3.8, 4) is 0 Å². The molecular formula is C15H18F3N3. The lowest BCUT2D eigenvalue weighted by Crippen LogP contribution is -2.46. The molecule has 0 fully saturated rings. The number of nitrogens with zero attached hydrogens (tertiary/aromatic N) is 1. The number of pyridine rings is 1. The van der Waals surface area contributed by atoms with Crippen LogP contribution in [-0.2, 0) is 6.42 Å². The highest BCUT2D eigenvalue weighted by molar-refractivity contribution is 5.87. The number of rotatable bonds is 4. The van der Waals surface area contributed by atoms with Gasteiger partial charge in [0.25, 0.3) is 0 Å². The molecule has 1 heterocycles. The highest BCUT2D eigenvalue weighted by atomic mass is 19.4. The van der Waals surface area contributed by atoms with E-state index in [9.17, 15) is 13.2 Å². The zero-order valence-corrected chi connectivity index (χ0v) is 12.0. The van der Waals surface area contributed by atoms with Gasteiger partial charge in [-0.1, -0.05) is 6.07 Å². The molecule has 1 aromatic heterocycles. The van der Waals surface area contributed by atoms with Crippen LogP contribution in [0.4, 0.5) is 18.9 Å². The van der Waals surface area contributed by atoms with Gasteiger partial charge in [-0.3, -0.25) is 4.98 Å². The molecule has 3 N–H and O–H groups in total. The molecule has 0 amide bonds. The Hall–Kier alpha value is -1.82. The van der Waals surface area contributed by atoms with Gasteiger partial charge < -0.3 is 11.1 Å². The highest BCUT2D eigenvalue weighted by Gasteiger charge is 2.31. The molecule has 2 aromatic rings. The van der Waals surface area contributed by atoms with E-state index in [0.29, 0.717) is 12.1 Å². The van der Waals surface area contributed by atoms with E-state index in [1.807, 2.05) is 18.2 Å². The molecule has 0 saturated heterocycles. The van der Waals surface area contributed by atoms with Crippen LogP contribution in [0.25, 0.3) is 10.8 Å². The first-order valence-electron chi connectivity index (χ1n) is 6.61. The Balaban J connectivity index is 2.22. The fourth-order valence-electron chi connectivity index (χ4n) is 2.22. The average Bonchev–Trinajstić information content (AvgIpc) is 2.35. The molecule has 0 atom stereocenters. The van der Waals surface area contributed by atoms with E-state index >= 15 is 0 Å². The van der Waals surface area contributed by atoms with Crippen LogP contribution in [-0.4, -0.2) is 23.2 Å². The molecule has 0 radical (unpaired) electrons. The summed E-state index contributed by atoms with van der Waals surface area (Å²) in [4.78, 5) is 4.30. The quantitative estimate of drug-likeness (QED) is 0.851. The molecule has 1 aromatic carbocycles. The molecule has 0 aliphatic heterocycles. The number of anilines is 1. The Morgan fingerprint density at radius 2 is 1.90 bits per heavy atom. The lowest BCUT2D eigenvalue weighted by Gasteiger charge is -2.27. The van der Waals surface area contributed by atoms with E-state index in [0.717, 1.165) is 16.5 Å². The van der Waals surface area contributed by atoms with Crippen LogP contribution in [0.3, 0.4) is 0 Å². The molecule has 21 heavy (non-hydrogen) atoms. The third-order valence-electron chi connectivity index (χ3n) is 3.25. The summed E-state index contributed by atoms with van der Waals surface area (Å²) in [7, 11) is 0. The van der Waals surface area contributed by atoms with Crippen molar-refractivity contribution in [2.24, 2.45) is 0 Å². The summed E-state index contributed by atoms with van der Waals surface area (Å²) in [6.45, 7) is 2.45. The predicted molar refractivity (Wildman–Crippen MR) is 78.0 cm³/mol. The van der Waals surface area contributed by atoms with Crippen LogP contribution in [0.2, 0.25) is 0 Å². The van der Waals surface area contributed by atoms with Gasteiger partial charge in [0, 0.05) is 34.9 Å². The van der Waals surface area contributed by atoms with Gasteiger partial charge in [-0.2, -0.15) is 13.2 Å². The fraction of sp³-hybridized carbons (Fsp3) is 0.400. The summed E-state index contributed by atoms with van der Waals surface area (Å²) in [5.41, 5.74) is 6.43. The molecule has 114 valence electrons. The Morgan fingerprint density at radius 1 is 1.19 bits per heavy atom. The number of aromatic nitrogens is 1. The Morgan fingerprint density at radius 3 is 2.57 bits per heavy atom. The normalized spacial score (nSPS) is 12.8. The first-order chi connectivity index (χ1) is 9.66. The van der Waals surface area contributed by atoms with Crippen LogP contribution in [0.1, 0.15) is 19.5 Å². The smallest absolute Gasteiger partial charge is 0.399 e. The first kappa shape index (κ1) is 15.6. The third kappa shape index (κ3) is 4.32. The van der Waals surface area contributed by atoms with Gasteiger partial charge in [-0.05, 0) is 37.4 Å². The Kier molecular flexibility index (Phi) is 4.09. The minimum Gasteiger partial charge on any atom is -0.399 e. The van der Waals surface area contributed by atoms with Crippen molar-refractivity contribution < 1.29 is 13.2 Å². The Labute approximate surface area is 121 Å². The van der Waals surface area contributed by atoms with E-state index in [1.54, 1.807) is 26.1 Å². The maximum Gasteiger partial charge on any atom is 0.401 e. The van der Waals surface area contributed by atoms with Crippen LogP contribution in [0.5, 0.6) is 0 Å². The van der Waals surface area contributed by atoms with Crippen molar-refractivity contribution in [2.75, 3.05) is 12.3 Å². The molecular weight excluding hydrogens is 279 g/mol. The number of nitrogens with two attached hydrogens (primary N) is 1. The second kappa shape index (κ2) is 5.52. The van der Waals surface area contributed by atoms with Crippen molar-refractivity contribution in [1.29, 1.82) is 0 Å². The first-order valence-corrected chi connectivity index (χ1v) is 6.61. The maximum atomic E-state index is 12.3. The largest absolute Gasteiger partial charge is 0.401 e. The molecule has 0 spiro atoms. The lowest BCUT2D eigenvalue weighted by atomic mass is 9.95. The number of nitrogen functional groups attached to an aromatic ring is 1. The number of fused-ring (bicyclic) bond motifs is 1. The van der Waals surface area contributed by atoms with Gasteiger partial charge in [0.2, 0.25) is 0 Å². The van der Waals surface area contributed by atoms with Crippen molar-refractivity contribution in [1.82, 2.24) is 10.3 Å². The molecule has 0 unspecified atom stereocenters. The van der Waals surface area contributed by atoms with Gasteiger partial charge in [0.1, 0.15) is 0 Å².